The summed E-state index contributed by atoms with van der Waals surface area (Å²) in [4.78, 5) is 8.28. The van der Waals surface area contributed by atoms with E-state index < -0.39 is 0 Å². The van der Waals surface area contributed by atoms with Gasteiger partial charge < -0.3 is 10.1 Å². The number of nitrogens with one attached hydrogen (secondary N) is 1. The van der Waals surface area contributed by atoms with Gasteiger partial charge in [-0.15, -0.1) is 0 Å². The molecule has 0 saturated carbocycles. The van der Waals surface area contributed by atoms with E-state index in [9.17, 15) is 0 Å². The van der Waals surface area contributed by atoms with E-state index in [-0.39, 0.29) is 0 Å². The van der Waals surface area contributed by atoms with Gasteiger partial charge in [-0.25, -0.2) is 9.97 Å². The lowest BCUT2D eigenvalue weighted by molar-refractivity contribution is 0.461. The van der Waals surface area contributed by atoms with Crippen molar-refractivity contribution in [2.24, 2.45) is 0 Å². The minimum atomic E-state index is 0.554. The van der Waals surface area contributed by atoms with Crippen molar-refractivity contribution in [3.8, 4) is 11.6 Å². The van der Waals surface area contributed by atoms with Crippen molar-refractivity contribution in [1.82, 2.24) is 9.97 Å². The number of aromatic nitrogens is 2. The van der Waals surface area contributed by atoms with E-state index in [0.29, 0.717) is 5.88 Å². The van der Waals surface area contributed by atoms with Crippen LogP contribution in [0.3, 0.4) is 0 Å². The van der Waals surface area contributed by atoms with Crippen LogP contribution in [0.4, 0.5) is 5.82 Å². The van der Waals surface area contributed by atoms with Crippen LogP contribution < -0.4 is 10.1 Å². The van der Waals surface area contributed by atoms with Crippen LogP contribution in [0.25, 0.3) is 0 Å². The Morgan fingerprint density at radius 3 is 2.47 bits per heavy atom. The summed E-state index contributed by atoms with van der Waals surface area (Å²) in [5, 5.41) is 3.21. The molecule has 0 saturated heterocycles. The molecule has 0 spiro atoms. The zero-order valence-corrected chi connectivity index (χ0v) is 11.6. The van der Waals surface area contributed by atoms with Crippen molar-refractivity contribution in [3.05, 3.63) is 41.7 Å². The summed E-state index contributed by atoms with van der Waals surface area (Å²) >= 11 is 0. The third-order valence-electron chi connectivity index (χ3n) is 2.62. The van der Waals surface area contributed by atoms with Crippen LogP contribution in [0.15, 0.2) is 30.6 Å². The average Bonchev–Trinajstić information content (AvgIpc) is 2.35. The molecule has 100 valence electrons. The molecule has 1 N–H and O–H groups in total. The maximum Gasteiger partial charge on any atom is 0.224 e. The molecule has 0 bridgehead atoms. The van der Waals surface area contributed by atoms with Crippen LogP contribution >= 0.6 is 0 Å². The second-order valence-corrected chi connectivity index (χ2v) is 4.59. The summed E-state index contributed by atoms with van der Waals surface area (Å²) in [7, 11) is 0. The number of rotatable bonds is 5. The van der Waals surface area contributed by atoms with Gasteiger partial charge >= 0.3 is 0 Å². The Morgan fingerprint density at radius 2 is 1.79 bits per heavy atom. The molecule has 0 aliphatic rings. The van der Waals surface area contributed by atoms with Gasteiger partial charge in [0.2, 0.25) is 5.88 Å². The Labute approximate surface area is 113 Å². The molecule has 0 atom stereocenters. The number of hydrogen-bond acceptors (Lipinski definition) is 4. The number of hydrogen-bond donors (Lipinski definition) is 1. The Bertz CT molecular complexity index is 535. The quantitative estimate of drug-likeness (QED) is 0.887. The van der Waals surface area contributed by atoms with Gasteiger partial charge in [0.15, 0.2) is 0 Å². The van der Waals surface area contributed by atoms with E-state index in [1.54, 1.807) is 0 Å². The summed E-state index contributed by atoms with van der Waals surface area (Å²) in [6, 6.07) is 7.91. The fraction of sp³-hybridized carbons (Fsp3) is 0.333. The van der Waals surface area contributed by atoms with Gasteiger partial charge in [-0.1, -0.05) is 13.0 Å². The molecular weight excluding hydrogens is 238 g/mol. The second kappa shape index (κ2) is 6.18. The summed E-state index contributed by atoms with van der Waals surface area (Å²) in [6.45, 7) is 7.10. The summed E-state index contributed by atoms with van der Waals surface area (Å²) < 4.78 is 5.77. The normalized spacial score (nSPS) is 10.3. The van der Waals surface area contributed by atoms with Crippen molar-refractivity contribution in [1.29, 1.82) is 0 Å². The molecule has 1 aromatic heterocycles. The van der Waals surface area contributed by atoms with Gasteiger partial charge in [-0.3, -0.25) is 0 Å². The molecule has 4 nitrogen and oxygen atoms in total. The van der Waals surface area contributed by atoms with E-state index in [2.05, 4.69) is 28.3 Å². The highest BCUT2D eigenvalue weighted by atomic mass is 16.5. The number of ether oxygens (including phenoxy) is 1. The maximum absolute atomic E-state index is 5.77. The molecule has 0 fully saturated rings. The van der Waals surface area contributed by atoms with Crippen LogP contribution in [-0.2, 0) is 0 Å². The van der Waals surface area contributed by atoms with E-state index in [0.717, 1.165) is 24.5 Å². The first-order valence-corrected chi connectivity index (χ1v) is 6.49. The summed E-state index contributed by atoms with van der Waals surface area (Å²) in [5.41, 5.74) is 2.35. The lowest BCUT2D eigenvalue weighted by Gasteiger charge is -2.08. The first-order valence-electron chi connectivity index (χ1n) is 6.49. The molecule has 0 amide bonds. The van der Waals surface area contributed by atoms with Crippen LogP contribution in [0.2, 0.25) is 0 Å². The summed E-state index contributed by atoms with van der Waals surface area (Å²) in [5.74, 6) is 2.15. The third kappa shape index (κ3) is 3.95. The minimum absolute atomic E-state index is 0.554. The first kappa shape index (κ1) is 13.3. The van der Waals surface area contributed by atoms with Gasteiger partial charge in [-0.2, -0.15) is 0 Å². The maximum atomic E-state index is 5.77. The van der Waals surface area contributed by atoms with E-state index in [1.807, 2.05) is 32.0 Å². The largest absolute Gasteiger partial charge is 0.439 e. The fourth-order valence-electron chi connectivity index (χ4n) is 1.86. The molecule has 1 aromatic carbocycles. The highest BCUT2D eigenvalue weighted by Crippen LogP contribution is 2.23. The van der Waals surface area contributed by atoms with E-state index in [4.69, 9.17) is 4.74 Å². The predicted molar refractivity (Wildman–Crippen MR) is 76.8 cm³/mol. The number of nitrogens with zero attached hydrogens (tertiary/aromatic N) is 2. The zero-order chi connectivity index (χ0) is 13.7. The van der Waals surface area contributed by atoms with E-state index in [1.165, 1.54) is 17.5 Å². The molecule has 19 heavy (non-hydrogen) atoms. The third-order valence-corrected chi connectivity index (χ3v) is 2.62. The first-order chi connectivity index (χ1) is 9.17. The van der Waals surface area contributed by atoms with Crippen molar-refractivity contribution < 1.29 is 4.74 Å². The van der Waals surface area contributed by atoms with Crippen molar-refractivity contribution in [2.75, 3.05) is 11.9 Å². The van der Waals surface area contributed by atoms with Gasteiger partial charge in [0.1, 0.15) is 17.9 Å². The van der Waals surface area contributed by atoms with Crippen molar-refractivity contribution >= 4 is 5.82 Å². The van der Waals surface area contributed by atoms with Crippen LogP contribution in [0.5, 0.6) is 11.6 Å². The molecule has 2 aromatic rings. The van der Waals surface area contributed by atoms with Crippen molar-refractivity contribution in [2.45, 2.75) is 27.2 Å². The molecule has 2 rings (SSSR count). The van der Waals surface area contributed by atoms with Gasteiger partial charge in [0, 0.05) is 12.6 Å². The standard InChI is InChI=1S/C15H19N3O/c1-4-5-16-14-9-15(18-10-17-14)19-13-7-11(2)6-12(3)8-13/h6-10H,4-5H2,1-3H3,(H,16,17,18). The zero-order valence-electron chi connectivity index (χ0n) is 11.6. The molecule has 1 heterocycles. The highest BCUT2D eigenvalue weighted by molar-refractivity contribution is 5.40. The van der Waals surface area contributed by atoms with Crippen LogP contribution in [0, 0.1) is 13.8 Å². The molecular formula is C15H19N3O. The number of benzene rings is 1. The molecule has 0 radical (unpaired) electrons. The number of anilines is 1. The smallest absolute Gasteiger partial charge is 0.224 e. The average molecular weight is 257 g/mol. The summed E-state index contributed by atoms with van der Waals surface area (Å²) in [6.07, 6.45) is 2.56. The fourth-order valence-corrected chi connectivity index (χ4v) is 1.86. The monoisotopic (exact) mass is 257 g/mol. The lowest BCUT2D eigenvalue weighted by Crippen LogP contribution is -2.02. The Kier molecular flexibility index (Phi) is 4.34. The second-order valence-electron chi connectivity index (χ2n) is 4.59. The van der Waals surface area contributed by atoms with Gasteiger partial charge in [-0.05, 0) is 43.5 Å². The lowest BCUT2D eigenvalue weighted by atomic mass is 10.1. The predicted octanol–water partition coefficient (Wildman–Crippen LogP) is 3.71. The van der Waals surface area contributed by atoms with Crippen molar-refractivity contribution in [3.63, 3.8) is 0 Å². The highest BCUT2D eigenvalue weighted by Gasteiger charge is 2.02. The van der Waals surface area contributed by atoms with Gasteiger partial charge in [0.05, 0.1) is 0 Å². The molecule has 0 aliphatic carbocycles. The number of aryl methyl sites for hydroxylation is 2. The van der Waals surface area contributed by atoms with Crippen LogP contribution in [0.1, 0.15) is 24.5 Å². The Hall–Kier alpha value is -2.10. The van der Waals surface area contributed by atoms with Crippen LogP contribution in [-0.4, -0.2) is 16.5 Å². The molecule has 4 heteroatoms. The molecule has 0 aliphatic heterocycles. The SMILES string of the molecule is CCCNc1cc(Oc2cc(C)cc(C)c2)ncn1. The Balaban J connectivity index is 2.13. The Morgan fingerprint density at radius 1 is 1.05 bits per heavy atom. The topological polar surface area (TPSA) is 47.0 Å². The minimum Gasteiger partial charge on any atom is -0.439 e. The van der Waals surface area contributed by atoms with E-state index >= 15 is 0 Å². The molecule has 0 unspecified atom stereocenters. The van der Waals surface area contributed by atoms with Gasteiger partial charge in [0.25, 0.3) is 0 Å².